The second kappa shape index (κ2) is 6.70. The molecule has 1 unspecified atom stereocenters. The monoisotopic (exact) mass is 355 g/mol. The number of nitriles is 1. The summed E-state index contributed by atoms with van der Waals surface area (Å²) in [6.45, 7) is 0. The van der Waals surface area contributed by atoms with Gasteiger partial charge in [-0.3, -0.25) is 0 Å². The summed E-state index contributed by atoms with van der Waals surface area (Å²) < 4.78 is 19.5. The molecule has 2 aliphatic carbocycles. The molecule has 3 nitrogen and oxygen atoms in total. The van der Waals surface area contributed by atoms with E-state index in [1.54, 1.807) is 0 Å². The van der Waals surface area contributed by atoms with E-state index < -0.39 is 11.9 Å². The molecule has 25 heavy (non-hydrogen) atoms. The molecule has 1 N–H and O–H groups in total. The Morgan fingerprint density at radius 3 is 2.76 bits per heavy atom. The summed E-state index contributed by atoms with van der Waals surface area (Å²) in [5.74, 6) is 0.446. The number of hydrogen-bond acceptors (Lipinski definition) is 4. The predicted molar refractivity (Wildman–Crippen MR) is 94.4 cm³/mol. The van der Waals surface area contributed by atoms with Crippen LogP contribution >= 0.6 is 11.8 Å². The van der Waals surface area contributed by atoms with E-state index in [0.717, 1.165) is 22.4 Å². The SMILES string of the molecule is N#Cc1cc(F)cc(Oc2ccc(SC3CCC3)c3c2CCC3O)c1. The van der Waals surface area contributed by atoms with Crippen molar-refractivity contribution >= 4 is 11.8 Å². The summed E-state index contributed by atoms with van der Waals surface area (Å²) in [6, 6.07) is 9.81. The van der Waals surface area contributed by atoms with E-state index in [1.165, 1.54) is 37.5 Å². The lowest BCUT2D eigenvalue weighted by Gasteiger charge is -2.26. The smallest absolute Gasteiger partial charge is 0.131 e. The number of hydrogen-bond donors (Lipinski definition) is 1. The first kappa shape index (κ1) is 16.4. The van der Waals surface area contributed by atoms with Crippen LogP contribution in [0.15, 0.2) is 35.2 Å². The van der Waals surface area contributed by atoms with Gasteiger partial charge in [0.15, 0.2) is 0 Å². The van der Waals surface area contributed by atoms with E-state index in [2.05, 4.69) is 0 Å². The van der Waals surface area contributed by atoms with Crippen molar-refractivity contribution in [1.29, 1.82) is 5.26 Å². The van der Waals surface area contributed by atoms with Gasteiger partial charge in [0.05, 0.1) is 17.7 Å². The van der Waals surface area contributed by atoms with Crippen LogP contribution in [0, 0.1) is 17.1 Å². The molecule has 0 spiro atoms. The second-order valence-corrected chi connectivity index (χ2v) is 7.91. The Morgan fingerprint density at radius 2 is 2.04 bits per heavy atom. The predicted octanol–water partition coefficient (Wildman–Crippen LogP) is 5.11. The average molecular weight is 355 g/mol. The Labute approximate surface area is 150 Å². The van der Waals surface area contributed by atoms with Crippen molar-refractivity contribution < 1.29 is 14.2 Å². The number of benzene rings is 2. The van der Waals surface area contributed by atoms with Gasteiger partial charge in [-0.05, 0) is 49.9 Å². The van der Waals surface area contributed by atoms with E-state index in [4.69, 9.17) is 10.00 Å². The highest BCUT2D eigenvalue weighted by Gasteiger charge is 2.29. The molecule has 0 aliphatic heterocycles. The number of fused-ring (bicyclic) bond motifs is 1. The molecule has 0 aromatic heterocycles. The first-order valence-corrected chi connectivity index (χ1v) is 9.41. The first-order chi connectivity index (χ1) is 12.1. The number of aliphatic hydroxyl groups excluding tert-OH is 1. The average Bonchev–Trinajstić information content (AvgIpc) is 2.94. The summed E-state index contributed by atoms with van der Waals surface area (Å²) in [5.41, 5.74) is 2.19. The first-order valence-electron chi connectivity index (χ1n) is 8.53. The molecular weight excluding hydrogens is 337 g/mol. The van der Waals surface area contributed by atoms with Crippen molar-refractivity contribution in [1.82, 2.24) is 0 Å². The van der Waals surface area contributed by atoms with Gasteiger partial charge in [0.25, 0.3) is 0 Å². The summed E-state index contributed by atoms with van der Waals surface area (Å²) >= 11 is 1.84. The topological polar surface area (TPSA) is 53.2 Å². The van der Waals surface area contributed by atoms with Gasteiger partial charge in [0, 0.05) is 27.3 Å². The number of nitrogens with zero attached hydrogens (tertiary/aromatic N) is 1. The minimum absolute atomic E-state index is 0.226. The van der Waals surface area contributed by atoms with Crippen molar-refractivity contribution in [2.24, 2.45) is 0 Å². The fraction of sp³-hybridized carbons (Fsp3) is 0.350. The van der Waals surface area contributed by atoms with Crippen molar-refractivity contribution in [3.63, 3.8) is 0 Å². The van der Waals surface area contributed by atoms with Crippen LogP contribution in [0.25, 0.3) is 0 Å². The molecule has 0 heterocycles. The maximum absolute atomic E-state index is 13.6. The van der Waals surface area contributed by atoms with Gasteiger partial charge < -0.3 is 9.84 Å². The molecule has 0 saturated heterocycles. The molecule has 2 aliphatic rings. The third-order valence-electron chi connectivity index (χ3n) is 4.85. The second-order valence-electron chi connectivity index (χ2n) is 6.57. The van der Waals surface area contributed by atoms with Gasteiger partial charge in [-0.25, -0.2) is 4.39 Å². The zero-order chi connectivity index (χ0) is 17.4. The number of halogens is 1. The number of rotatable bonds is 4. The molecule has 0 radical (unpaired) electrons. The van der Waals surface area contributed by atoms with E-state index in [9.17, 15) is 9.50 Å². The Kier molecular flexibility index (Phi) is 4.41. The van der Waals surface area contributed by atoms with Gasteiger partial charge in [-0.15, -0.1) is 11.8 Å². The van der Waals surface area contributed by atoms with Gasteiger partial charge in [0.2, 0.25) is 0 Å². The van der Waals surface area contributed by atoms with Crippen LogP contribution in [0.1, 0.15) is 48.5 Å². The van der Waals surface area contributed by atoms with Gasteiger partial charge in [-0.2, -0.15) is 5.26 Å². The zero-order valence-electron chi connectivity index (χ0n) is 13.7. The lowest BCUT2D eigenvalue weighted by molar-refractivity contribution is 0.177. The molecule has 5 heteroatoms. The summed E-state index contributed by atoms with van der Waals surface area (Å²) in [6.07, 6.45) is 4.70. The molecule has 4 rings (SSSR count). The largest absolute Gasteiger partial charge is 0.457 e. The van der Waals surface area contributed by atoms with E-state index in [1.807, 2.05) is 30.0 Å². The molecule has 1 atom stereocenters. The fourth-order valence-corrected chi connectivity index (χ4v) is 4.81. The highest BCUT2D eigenvalue weighted by Crippen LogP contribution is 2.47. The summed E-state index contributed by atoms with van der Waals surface area (Å²) in [4.78, 5) is 1.13. The van der Waals surface area contributed by atoms with E-state index >= 15 is 0 Å². The van der Waals surface area contributed by atoms with Gasteiger partial charge in [0.1, 0.15) is 17.3 Å². The van der Waals surface area contributed by atoms with Crippen molar-refractivity contribution in [3.05, 3.63) is 52.8 Å². The molecule has 128 valence electrons. The van der Waals surface area contributed by atoms with Gasteiger partial charge in [-0.1, -0.05) is 6.42 Å². The highest BCUT2D eigenvalue weighted by atomic mass is 32.2. The molecule has 0 amide bonds. The lowest BCUT2D eigenvalue weighted by atomic mass is 10.00. The third-order valence-corrected chi connectivity index (χ3v) is 6.26. The zero-order valence-corrected chi connectivity index (χ0v) is 14.5. The third kappa shape index (κ3) is 3.24. The molecule has 2 aromatic rings. The molecule has 1 fully saturated rings. The summed E-state index contributed by atoms with van der Waals surface area (Å²) in [5, 5.41) is 20.0. The van der Waals surface area contributed by atoms with Crippen LogP contribution < -0.4 is 4.74 Å². The van der Waals surface area contributed by atoms with Gasteiger partial charge >= 0.3 is 0 Å². The minimum atomic E-state index is -0.497. The Balaban J connectivity index is 1.67. The van der Waals surface area contributed by atoms with Crippen LogP contribution in [-0.2, 0) is 6.42 Å². The Morgan fingerprint density at radius 1 is 1.20 bits per heavy atom. The van der Waals surface area contributed by atoms with Crippen LogP contribution in [0.3, 0.4) is 0 Å². The number of ether oxygens (including phenoxy) is 1. The highest BCUT2D eigenvalue weighted by molar-refractivity contribution is 8.00. The molecular formula is C20H18FNO2S. The van der Waals surface area contributed by atoms with Crippen LogP contribution in [-0.4, -0.2) is 10.4 Å². The lowest BCUT2D eigenvalue weighted by Crippen LogP contribution is -2.13. The Bertz CT molecular complexity index is 858. The maximum atomic E-state index is 13.6. The normalized spacial score (nSPS) is 19.2. The fourth-order valence-electron chi connectivity index (χ4n) is 3.35. The molecule has 2 aromatic carbocycles. The molecule has 1 saturated carbocycles. The van der Waals surface area contributed by atoms with Crippen molar-refractivity contribution in [2.45, 2.75) is 48.4 Å². The van der Waals surface area contributed by atoms with Crippen molar-refractivity contribution in [3.8, 4) is 17.6 Å². The van der Waals surface area contributed by atoms with Crippen LogP contribution in [0.2, 0.25) is 0 Å². The Hall–Kier alpha value is -2.03. The van der Waals surface area contributed by atoms with E-state index in [0.29, 0.717) is 23.2 Å². The molecule has 0 bridgehead atoms. The quantitative estimate of drug-likeness (QED) is 0.828. The van der Waals surface area contributed by atoms with Crippen molar-refractivity contribution in [2.75, 3.05) is 0 Å². The minimum Gasteiger partial charge on any atom is -0.457 e. The van der Waals surface area contributed by atoms with E-state index in [-0.39, 0.29) is 5.56 Å². The standard InChI is InChI=1S/C20H18FNO2S/c21-13-8-12(11-22)9-14(10-13)24-18-6-7-19(25-15-2-1-3-15)20-16(18)4-5-17(20)23/h6-10,15,17,23H,1-5H2. The number of thioether (sulfide) groups is 1. The van der Waals surface area contributed by atoms with Crippen LogP contribution in [0.5, 0.6) is 11.5 Å². The number of aliphatic hydroxyl groups is 1. The van der Waals surface area contributed by atoms with Crippen LogP contribution in [0.4, 0.5) is 4.39 Å². The summed E-state index contributed by atoms with van der Waals surface area (Å²) in [7, 11) is 0. The maximum Gasteiger partial charge on any atom is 0.131 e.